The monoisotopic (exact) mass is 319 g/mol. The Hall–Kier alpha value is -1.25. The van der Waals surface area contributed by atoms with Gasteiger partial charge < -0.3 is 20.3 Å². The number of aliphatic hydroxyl groups is 1. The smallest absolute Gasteiger partial charge is 0.416 e. The van der Waals surface area contributed by atoms with Crippen LogP contribution in [-0.4, -0.2) is 31.6 Å². The molecule has 0 heterocycles. The van der Waals surface area contributed by atoms with Gasteiger partial charge in [-0.3, -0.25) is 0 Å². The molecule has 0 spiro atoms. The first-order valence-corrected chi connectivity index (χ1v) is 5.14. The Morgan fingerprint density at radius 1 is 1.15 bits per heavy atom. The minimum absolute atomic E-state index is 0. The molecule has 0 bridgehead atoms. The van der Waals surface area contributed by atoms with E-state index in [1.54, 1.807) is 0 Å². The summed E-state index contributed by atoms with van der Waals surface area (Å²) < 4.78 is 60.3. The number of methoxy groups -OCH3 is 2. The molecule has 0 aromatic heterocycles. The zero-order valence-corrected chi connectivity index (χ0v) is 11.4. The molecule has 0 saturated carbocycles. The first-order chi connectivity index (χ1) is 8.72. The van der Waals surface area contributed by atoms with E-state index in [0.29, 0.717) is 0 Å². The van der Waals surface area contributed by atoms with Gasteiger partial charge in [0.15, 0.2) is 17.6 Å². The van der Waals surface area contributed by atoms with Crippen LogP contribution in [0, 0.1) is 5.82 Å². The molecule has 0 unspecified atom stereocenters. The molecule has 0 aliphatic rings. The van der Waals surface area contributed by atoms with Gasteiger partial charge in [0.05, 0.1) is 20.3 Å². The van der Waals surface area contributed by atoms with Gasteiger partial charge >= 0.3 is 6.18 Å². The number of aliphatic hydroxyl groups excluding tert-OH is 1. The third-order valence-electron chi connectivity index (χ3n) is 2.54. The van der Waals surface area contributed by atoms with Crippen LogP contribution < -0.4 is 15.2 Å². The number of nitrogens with two attached hydrogens (primary N) is 1. The number of benzene rings is 1. The summed E-state index contributed by atoms with van der Waals surface area (Å²) in [6.45, 7) is 0. The molecule has 2 atom stereocenters. The van der Waals surface area contributed by atoms with Crippen molar-refractivity contribution in [3.05, 3.63) is 23.5 Å². The number of hydrogen-bond donors (Lipinski definition) is 2. The highest BCUT2D eigenvalue weighted by Crippen LogP contribution is 2.35. The second-order valence-corrected chi connectivity index (χ2v) is 3.74. The molecule has 1 aromatic rings. The minimum Gasteiger partial charge on any atom is -0.493 e. The SMILES string of the molecule is COc1cc(F)c([C@H](N)[C@H](O)C(F)(F)F)cc1OC.Cl. The lowest BCUT2D eigenvalue weighted by Crippen LogP contribution is -2.39. The largest absolute Gasteiger partial charge is 0.493 e. The van der Waals surface area contributed by atoms with Crippen LogP contribution in [-0.2, 0) is 0 Å². The lowest BCUT2D eigenvalue weighted by molar-refractivity contribution is -0.210. The molecular weight excluding hydrogens is 306 g/mol. The fourth-order valence-corrected chi connectivity index (χ4v) is 1.50. The summed E-state index contributed by atoms with van der Waals surface area (Å²) in [7, 11) is 2.49. The third kappa shape index (κ3) is 3.87. The highest BCUT2D eigenvalue weighted by atomic mass is 35.5. The Balaban J connectivity index is 0.00000361. The van der Waals surface area contributed by atoms with Crippen molar-refractivity contribution in [2.75, 3.05) is 14.2 Å². The summed E-state index contributed by atoms with van der Waals surface area (Å²) in [5.41, 5.74) is 4.72. The molecule has 0 saturated heterocycles. The Labute approximate surface area is 118 Å². The van der Waals surface area contributed by atoms with Crippen molar-refractivity contribution in [2.45, 2.75) is 18.3 Å². The first kappa shape index (κ1) is 18.8. The summed E-state index contributed by atoms with van der Waals surface area (Å²) >= 11 is 0. The van der Waals surface area contributed by atoms with Crippen LogP contribution in [0.5, 0.6) is 11.5 Å². The molecule has 20 heavy (non-hydrogen) atoms. The van der Waals surface area contributed by atoms with E-state index in [1.165, 1.54) is 14.2 Å². The predicted octanol–water partition coefficient (Wildman–Crippen LogP) is 2.19. The number of hydrogen-bond acceptors (Lipinski definition) is 4. The van der Waals surface area contributed by atoms with Crippen molar-refractivity contribution >= 4 is 12.4 Å². The van der Waals surface area contributed by atoms with E-state index in [1.807, 2.05) is 0 Å². The standard InChI is InChI=1S/C11H13F4NO3.ClH/c1-18-7-3-5(6(12)4-8(7)19-2)9(16)10(17)11(13,14)15;/h3-4,9-10,17H,16H2,1-2H3;1H/t9-,10-;/m0./s1. The van der Waals surface area contributed by atoms with Crippen LogP contribution in [0.25, 0.3) is 0 Å². The molecule has 1 aromatic carbocycles. The highest BCUT2D eigenvalue weighted by molar-refractivity contribution is 5.85. The Kier molecular flexibility index (Phi) is 6.52. The number of rotatable bonds is 4. The molecule has 116 valence electrons. The van der Waals surface area contributed by atoms with E-state index >= 15 is 0 Å². The molecule has 3 N–H and O–H groups in total. The van der Waals surface area contributed by atoms with E-state index in [2.05, 4.69) is 0 Å². The lowest BCUT2D eigenvalue weighted by atomic mass is 10.0. The van der Waals surface area contributed by atoms with Gasteiger partial charge in [-0.1, -0.05) is 0 Å². The van der Waals surface area contributed by atoms with Gasteiger partial charge in [0, 0.05) is 11.6 Å². The molecule has 9 heteroatoms. The van der Waals surface area contributed by atoms with E-state index in [4.69, 9.17) is 20.3 Å². The van der Waals surface area contributed by atoms with Gasteiger partial charge in [-0.15, -0.1) is 12.4 Å². The minimum atomic E-state index is -4.95. The van der Waals surface area contributed by atoms with E-state index in [9.17, 15) is 17.6 Å². The maximum Gasteiger partial charge on any atom is 0.416 e. The predicted molar refractivity (Wildman–Crippen MR) is 65.7 cm³/mol. The maximum absolute atomic E-state index is 13.7. The van der Waals surface area contributed by atoms with Crippen LogP contribution >= 0.6 is 12.4 Å². The van der Waals surface area contributed by atoms with Crippen LogP contribution in [0.2, 0.25) is 0 Å². The number of alkyl halides is 3. The average molecular weight is 320 g/mol. The van der Waals surface area contributed by atoms with Gasteiger partial charge in [-0.25, -0.2) is 4.39 Å². The van der Waals surface area contributed by atoms with Crippen molar-refractivity contribution in [1.29, 1.82) is 0 Å². The van der Waals surface area contributed by atoms with Crippen LogP contribution in [0.1, 0.15) is 11.6 Å². The van der Waals surface area contributed by atoms with Crippen molar-refractivity contribution in [2.24, 2.45) is 5.73 Å². The van der Waals surface area contributed by atoms with Gasteiger partial charge in [0.25, 0.3) is 0 Å². The summed E-state index contributed by atoms with van der Waals surface area (Å²) in [6.07, 6.45) is -7.82. The van der Waals surface area contributed by atoms with Crippen LogP contribution in [0.15, 0.2) is 12.1 Å². The summed E-state index contributed by atoms with van der Waals surface area (Å²) in [5, 5.41) is 9.03. The van der Waals surface area contributed by atoms with Gasteiger partial charge in [0.2, 0.25) is 0 Å². The molecule has 0 aliphatic carbocycles. The molecule has 0 aliphatic heterocycles. The lowest BCUT2D eigenvalue weighted by Gasteiger charge is -2.22. The topological polar surface area (TPSA) is 64.7 Å². The molecule has 4 nitrogen and oxygen atoms in total. The van der Waals surface area contributed by atoms with E-state index in [-0.39, 0.29) is 23.9 Å². The van der Waals surface area contributed by atoms with Crippen LogP contribution in [0.4, 0.5) is 17.6 Å². The first-order valence-electron chi connectivity index (χ1n) is 5.14. The molecule has 0 radical (unpaired) electrons. The zero-order chi connectivity index (χ0) is 14.8. The number of halogens is 5. The maximum atomic E-state index is 13.7. The Bertz CT molecular complexity index is 456. The summed E-state index contributed by atoms with van der Waals surface area (Å²) in [5.74, 6) is -0.991. The second-order valence-electron chi connectivity index (χ2n) is 3.74. The molecule has 0 amide bonds. The van der Waals surface area contributed by atoms with Crippen molar-refractivity contribution in [3.63, 3.8) is 0 Å². The second kappa shape index (κ2) is 6.96. The normalized spacial score (nSPS) is 14.2. The molecule has 1 rings (SSSR count). The zero-order valence-electron chi connectivity index (χ0n) is 10.6. The molecule has 0 fully saturated rings. The van der Waals surface area contributed by atoms with E-state index in [0.717, 1.165) is 12.1 Å². The average Bonchev–Trinajstić information content (AvgIpc) is 2.35. The quantitative estimate of drug-likeness (QED) is 0.835. The molecular formula is C11H14ClF4NO3. The van der Waals surface area contributed by atoms with Crippen molar-refractivity contribution in [3.8, 4) is 11.5 Å². The third-order valence-corrected chi connectivity index (χ3v) is 2.54. The fraction of sp³-hybridized carbons (Fsp3) is 0.455. The van der Waals surface area contributed by atoms with Crippen molar-refractivity contribution < 1.29 is 32.1 Å². The Morgan fingerprint density at radius 3 is 2.00 bits per heavy atom. The highest BCUT2D eigenvalue weighted by Gasteiger charge is 2.43. The Morgan fingerprint density at radius 2 is 1.60 bits per heavy atom. The fourth-order valence-electron chi connectivity index (χ4n) is 1.50. The van der Waals surface area contributed by atoms with Gasteiger partial charge in [-0.05, 0) is 6.07 Å². The van der Waals surface area contributed by atoms with Gasteiger partial charge in [-0.2, -0.15) is 13.2 Å². The summed E-state index contributed by atoms with van der Waals surface area (Å²) in [6, 6.07) is -0.148. The van der Waals surface area contributed by atoms with Gasteiger partial charge in [0.1, 0.15) is 5.82 Å². The number of ether oxygens (including phenoxy) is 2. The van der Waals surface area contributed by atoms with Crippen LogP contribution in [0.3, 0.4) is 0 Å². The van der Waals surface area contributed by atoms with Crippen molar-refractivity contribution in [1.82, 2.24) is 0 Å². The van der Waals surface area contributed by atoms with E-state index < -0.39 is 29.7 Å². The summed E-state index contributed by atoms with van der Waals surface area (Å²) in [4.78, 5) is 0.